The van der Waals surface area contributed by atoms with Crippen molar-refractivity contribution >= 4 is 69.6 Å². The largest absolute Gasteiger partial charge is 0.488 e. The molecular weight excluding hydrogens is 864 g/mol. The molecule has 0 saturated carbocycles. The fourth-order valence-corrected chi connectivity index (χ4v) is 11.5. The van der Waals surface area contributed by atoms with E-state index in [2.05, 4.69) is 144 Å². The molecule has 2 atom stereocenters. The summed E-state index contributed by atoms with van der Waals surface area (Å²) < 4.78 is 2.50. The highest BCUT2D eigenvalue weighted by molar-refractivity contribution is 7.15. The van der Waals surface area contributed by atoms with Gasteiger partial charge in [-0.25, -0.2) is 0 Å². The van der Waals surface area contributed by atoms with Crippen LogP contribution in [0.2, 0.25) is 0 Å². The molecule has 0 aliphatic heterocycles. The van der Waals surface area contributed by atoms with Gasteiger partial charge in [-0.05, 0) is 113 Å². The van der Waals surface area contributed by atoms with Crippen LogP contribution in [0.5, 0.6) is 0 Å². The maximum Gasteiger partial charge on any atom is 0.488 e. The first kappa shape index (κ1) is 46.5. The maximum absolute atomic E-state index is 10.2. The molecule has 3 heterocycles. The van der Waals surface area contributed by atoms with Crippen molar-refractivity contribution in [2.24, 2.45) is 0 Å². The predicted molar refractivity (Wildman–Crippen MR) is 282 cm³/mol. The van der Waals surface area contributed by atoms with Crippen molar-refractivity contribution in [3.05, 3.63) is 202 Å². The Hall–Kier alpha value is -5.59. The molecule has 0 radical (unpaired) electrons. The first-order valence-electron chi connectivity index (χ1n) is 23.3. The van der Waals surface area contributed by atoms with Crippen LogP contribution in [-0.2, 0) is 32.7 Å². The van der Waals surface area contributed by atoms with Crippen LogP contribution in [0.4, 0.5) is 0 Å². The number of rotatable bonds is 19. The molecule has 338 valence electrons. The van der Waals surface area contributed by atoms with Crippen LogP contribution >= 0.6 is 22.7 Å². The molecular formula is C56H57B2N3O4S2. The first-order valence-corrected chi connectivity index (χ1v) is 25.0. The summed E-state index contributed by atoms with van der Waals surface area (Å²) in [5.74, 6) is 0. The molecule has 0 spiro atoms. The minimum absolute atomic E-state index is 0.0935. The Morgan fingerprint density at radius 3 is 1.33 bits per heavy atom. The van der Waals surface area contributed by atoms with Gasteiger partial charge < -0.3 is 24.7 Å². The van der Waals surface area contributed by atoms with Gasteiger partial charge in [-0.3, -0.25) is 9.80 Å². The zero-order valence-corrected chi connectivity index (χ0v) is 40.0. The fraction of sp³-hybridized carbons (Fsp3) is 0.214. The molecule has 9 aromatic rings. The van der Waals surface area contributed by atoms with E-state index in [1.54, 1.807) is 12.1 Å². The van der Waals surface area contributed by atoms with Crippen molar-refractivity contribution in [3.8, 4) is 20.9 Å². The van der Waals surface area contributed by atoms with E-state index in [0.29, 0.717) is 37.1 Å². The number of benzene rings is 6. The second-order valence-corrected chi connectivity index (χ2v) is 20.0. The van der Waals surface area contributed by atoms with Crippen LogP contribution in [0, 0.1) is 0 Å². The highest BCUT2D eigenvalue weighted by atomic mass is 32.1. The Morgan fingerprint density at radius 2 is 0.910 bits per heavy atom. The van der Waals surface area contributed by atoms with Gasteiger partial charge in [0, 0.05) is 86.1 Å². The summed E-state index contributed by atoms with van der Waals surface area (Å²) in [6.07, 6.45) is 2.22. The summed E-state index contributed by atoms with van der Waals surface area (Å²) >= 11 is 3.64. The lowest BCUT2D eigenvalue weighted by molar-refractivity contribution is 0.194. The highest BCUT2D eigenvalue weighted by Crippen LogP contribution is 2.40. The van der Waals surface area contributed by atoms with Crippen LogP contribution in [0.25, 0.3) is 42.7 Å². The van der Waals surface area contributed by atoms with Crippen LogP contribution < -0.4 is 10.9 Å². The molecule has 4 N–H and O–H groups in total. The van der Waals surface area contributed by atoms with Gasteiger partial charge in [0.1, 0.15) is 0 Å². The number of aryl methyl sites for hydroxylation is 1. The second-order valence-electron chi connectivity index (χ2n) is 17.6. The van der Waals surface area contributed by atoms with E-state index in [1.807, 2.05) is 71.2 Å². The Balaban J connectivity index is 1.02. The summed E-state index contributed by atoms with van der Waals surface area (Å²) in [6, 6.07) is 59.3. The number of fused-ring (bicyclic) bond motifs is 3. The van der Waals surface area contributed by atoms with E-state index in [0.717, 1.165) is 30.5 Å². The molecule has 0 aliphatic carbocycles. The third-order valence-electron chi connectivity index (χ3n) is 13.3. The third-order valence-corrected chi connectivity index (χ3v) is 15.5. The standard InChI is InChI=1S/C56H57B2N3O4S2/c1-4-5-32-61-53-28-24-43(55-30-26-47(66-55)37-59(39(2)41-16-8-6-9-17-41)35-45-20-12-14-22-51(45)57(62)63)33-49(53)50-34-44(25-29-54(50)61)56-31-27-48(67-56)38-60(40(3)42-18-10-7-11-19-42)36-46-21-13-15-23-52(46)58(64)65/h6-31,33-34,39-40,62-65H,4-5,32,35-38H2,1-3H3/t39-,40-/m1/s1. The van der Waals surface area contributed by atoms with Gasteiger partial charge in [0.05, 0.1) is 0 Å². The molecule has 0 fully saturated rings. The lowest BCUT2D eigenvalue weighted by Gasteiger charge is -2.30. The van der Waals surface area contributed by atoms with Crippen molar-refractivity contribution in [3.63, 3.8) is 0 Å². The van der Waals surface area contributed by atoms with E-state index < -0.39 is 14.2 Å². The topological polar surface area (TPSA) is 92.3 Å². The molecule has 0 bridgehead atoms. The molecule has 11 heteroatoms. The lowest BCUT2D eigenvalue weighted by atomic mass is 9.77. The number of thiophene rings is 2. The van der Waals surface area contributed by atoms with E-state index in [9.17, 15) is 20.1 Å². The van der Waals surface area contributed by atoms with E-state index in [1.165, 1.54) is 63.6 Å². The zero-order valence-electron chi connectivity index (χ0n) is 38.4. The minimum atomic E-state index is -1.53. The molecule has 6 aromatic carbocycles. The Labute approximate surface area is 403 Å². The summed E-state index contributed by atoms with van der Waals surface area (Å²) in [5, 5.41) is 43.4. The smallest absolute Gasteiger partial charge is 0.423 e. The van der Waals surface area contributed by atoms with Crippen molar-refractivity contribution in [2.75, 3.05) is 0 Å². The van der Waals surface area contributed by atoms with Crippen LogP contribution in [0.3, 0.4) is 0 Å². The summed E-state index contributed by atoms with van der Waals surface area (Å²) in [7, 11) is -3.07. The second kappa shape index (κ2) is 21.1. The molecule has 3 aromatic heterocycles. The highest BCUT2D eigenvalue weighted by Gasteiger charge is 2.24. The van der Waals surface area contributed by atoms with Crippen molar-refractivity contribution in [2.45, 2.75) is 78.4 Å². The van der Waals surface area contributed by atoms with E-state index in [-0.39, 0.29) is 12.1 Å². The average Bonchev–Trinajstić information content (AvgIpc) is 4.11. The molecule has 0 unspecified atom stereocenters. The van der Waals surface area contributed by atoms with Gasteiger partial charge >= 0.3 is 14.2 Å². The maximum atomic E-state index is 10.2. The first-order chi connectivity index (χ1) is 32.6. The zero-order chi connectivity index (χ0) is 46.4. The van der Waals surface area contributed by atoms with Crippen molar-refractivity contribution in [1.82, 2.24) is 14.4 Å². The monoisotopic (exact) mass is 921 g/mol. The van der Waals surface area contributed by atoms with Crippen LogP contribution in [-0.4, -0.2) is 48.7 Å². The Morgan fingerprint density at radius 1 is 0.493 bits per heavy atom. The Kier molecular flexibility index (Phi) is 14.7. The van der Waals surface area contributed by atoms with Crippen molar-refractivity contribution < 1.29 is 20.1 Å². The third kappa shape index (κ3) is 10.5. The Bertz CT molecular complexity index is 2860. The summed E-state index contributed by atoms with van der Waals surface area (Å²) in [4.78, 5) is 9.75. The molecule has 9 rings (SSSR count). The number of hydrogen-bond acceptors (Lipinski definition) is 8. The molecule has 0 amide bonds. The van der Waals surface area contributed by atoms with E-state index >= 15 is 0 Å². The minimum Gasteiger partial charge on any atom is -0.423 e. The van der Waals surface area contributed by atoms with Gasteiger partial charge in [0.2, 0.25) is 0 Å². The van der Waals surface area contributed by atoms with E-state index in [4.69, 9.17) is 0 Å². The number of nitrogens with zero attached hydrogens (tertiary/aromatic N) is 3. The van der Waals surface area contributed by atoms with Crippen molar-refractivity contribution in [1.29, 1.82) is 0 Å². The SMILES string of the molecule is CCCCn1c2ccc(-c3ccc(CN(Cc4ccccc4B(O)O)[C@H](C)c4ccccc4)s3)cc2c2cc(-c3ccc(CN(Cc4ccccc4B(O)O)[C@H](C)c4ccccc4)s3)ccc21. The van der Waals surface area contributed by atoms with Gasteiger partial charge in [-0.15, -0.1) is 22.7 Å². The summed E-state index contributed by atoms with van der Waals surface area (Å²) in [6.45, 7) is 10.2. The lowest BCUT2D eigenvalue weighted by Crippen LogP contribution is -2.36. The van der Waals surface area contributed by atoms with Crippen LogP contribution in [0.15, 0.2) is 170 Å². The number of hydrogen-bond donors (Lipinski definition) is 4. The van der Waals surface area contributed by atoms with Gasteiger partial charge in [-0.1, -0.05) is 135 Å². The van der Waals surface area contributed by atoms with Gasteiger partial charge in [0.15, 0.2) is 0 Å². The molecule has 67 heavy (non-hydrogen) atoms. The molecule has 7 nitrogen and oxygen atoms in total. The number of aromatic nitrogens is 1. The van der Waals surface area contributed by atoms with Crippen LogP contribution in [0.1, 0.15) is 77.7 Å². The van der Waals surface area contributed by atoms with Gasteiger partial charge in [-0.2, -0.15) is 0 Å². The van der Waals surface area contributed by atoms with Gasteiger partial charge in [0.25, 0.3) is 0 Å². The number of unbranched alkanes of at least 4 members (excludes halogenated alkanes) is 1. The molecule has 0 aliphatic rings. The normalized spacial score (nSPS) is 12.7. The average molecular weight is 922 g/mol. The quantitative estimate of drug-likeness (QED) is 0.0604. The molecule has 0 saturated heterocycles. The predicted octanol–water partition coefficient (Wildman–Crippen LogP) is 10.9. The summed E-state index contributed by atoms with van der Waals surface area (Å²) in [5.41, 5.74) is 10.2. The fourth-order valence-electron chi connectivity index (χ4n) is 9.45.